The Morgan fingerprint density at radius 1 is 0.778 bits per heavy atom. The average Bonchev–Trinajstić information content (AvgIpc) is 2.67. The van der Waals surface area contributed by atoms with E-state index in [0.29, 0.717) is 6.42 Å². The van der Waals surface area contributed by atoms with Crippen LogP contribution in [0, 0.1) is 0 Å². The maximum Gasteiger partial charge on any atom is 0.220 e. The Morgan fingerprint density at radius 2 is 1.33 bits per heavy atom. The van der Waals surface area contributed by atoms with Crippen LogP contribution in [0.25, 0.3) is 0 Å². The molecule has 0 radical (unpaired) electrons. The molecule has 0 aromatic heterocycles. The van der Waals surface area contributed by atoms with Crippen molar-refractivity contribution >= 4 is 17.7 Å². The van der Waals surface area contributed by atoms with Crippen LogP contribution in [0.5, 0.6) is 0 Å². The van der Waals surface area contributed by atoms with Crippen molar-refractivity contribution in [2.45, 2.75) is 77.6 Å². The van der Waals surface area contributed by atoms with E-state index in [4.69, 9.17) is 0 Å². The molecule has 0 fully saturated rings. The summed E-state index contributed by atoms with van der Waals surface area (Å²) in [5.41, 5.74) is 0. The molecule has 0 saturated carbocycles. The van der Waals surface area contributed by atoms with Crippen LogP contribution in [0.4, 0.5) is 0 Å². The normalized spacial score (nSPS) is 12.2. The smallest absolute Gasteiger partial charge is 0.220 e. The predicted molar refractivity (Wildman–Crippen MR) is 124 cm³/mol. The van der Waals surface area contributed by atoms with Gasteiger partial charge in [-0.15, -0.1) is 0 Å². The summed E-state index contributed by atoms with van der Waals surface area (Å²) in [5.74, 6) is 1.30. The van der Waals surface area contributed by atoms with Gasteiger partial charge in [0.25, 0.3) is 0 Å². The van der Waals surface area contributed by atoms with Crippen LogP contribution in [0.3, 0.4) is 0 Å². The summed E-state index contributed by atoms with van der Waals surface area (Å²) in [4.78, 5) is 11.6. The van der Waals surface area contributed by atoms with Crippen LogP contribution in [0.15, 0.2) is 48.6 Å². The third kappa shape index (κ3) is 22.7. The lowest BCUT2D eigenvalue weighted by molar-refractivity contribution is -0.121. The maximum atomic E-state index is 11.6. The lowest BCUT2D eigenvalue weighted by Crippen LogP contribution is -2.24. The maximum absolute atomic E-state index is 11.6. The van der Waals surface area contributed by atoms with Crippen molar-refractivity contribution in [2.24, 2.45) is 0 Å². The Morgan fingerprint density at radius 3 is 1.89 bits per heavy atom. The number of unbranched alkanes of at least 4 members (excludes halogenated alkanes) is 4. The molecule has 0 rings (SSSR count). The van der Waals surface area contributed by atoms with Gasteiger partial charge in [0.2, 0.25) is 5.91 Å². The molecule has 0 aliphatic heterocycles. The van der Waals surface area contributed by atoms with E-state index in [1.54, 1.807) is 0 Å². The third-order valence-electron chi connectivity index (χ3n) is 4.08. The molecule has 3 heteroatoms. The molecule has 0 heterocycles. The number of amides is 1. The number of hydrogen-bond donors (Lipinski definition) is 1. The Balaban J connectivity index is 3.44. The zero-order valence-electron chi connectivity index (χ0n) is 17.6. The predicted octanol–water partition coefficient (Wildman–Crippen LogP) is 7.00. The molecule has 0 atom stereocenters. The molecule has 0 saturated heterocycles. The van der Waals surface area contributed by atoms with Gasteiger partial charge in [0.15, 0.2) is 0 Å². The fourth-order valence-corrected chi connectivity index (χ4v) is 2.91. The molecule has 0 aromatic rings. The highest BCUT2D eigenvalue weighted by Crippen LogP contribution is 2.01. The van der Waals surface area contributed by atoms with Crippen LogP contribution in [0.2, 0.25) is 0 Å². The molecular weight excluding hydrogens is 350 g/mol. The molecular formula is C24H41NOS. The van der Waals surface area contributed by atoms with Crippen molar-refractivity contribution in [1.29, 1.82) is 0 Å². The minimum Gasteiger partial charge on any atom is -0.356 e. The average molecular weight is 392 g/mol. The van der Waals surface area contributed by atoms with Crippen LogP contribution < -0.4 is 5.32 Å². The van der Waals surface area contributed by atoms with Gasteiger partial charge < -0.3 is 5.32 Å². The molecule has 0 aliphatic carbocycles. The SMILES string of the molecule is CCCCC/C=C\C/C=C\C/C=C\C/C=C\CCCC(=O)NCCCSC. The number of thioether (sulfide) groups is 1. The summed E-state index contributed by atoms with van der Waals surface area (Å²) in [6.07, 6.45) is 31.7. The Labute approximate surface area is 172 Å². The lowest BCUT2D eigenvalue weighted by atomic mass is 10.2. The van der Waals surface area contributed by atoms with Crippen molar-refractivity contribution < 1.29 is 4.79 Å². The summed E-state index contributed by atoms with van der Waals surface area (Å²) >= 11 is 1.82. The van der Waals surface area contributed by atoms with Crippen molar-refractivity contribution in [2.75, 3.05) is 18.6 Å². The van der Waals surface area contributed by atoms with Gasteiger partial charge in [-0.1, -0.05) is 68.4 Å². The summed E-state index contributed by atoms with van der Waals surface area (Å²) < 4.78 is 0. The molecule has 2 nitrogen and oxygen atoms in total. The first-order chi connectivity index (χ1) is 13.3. The first kappa shape index (κ1) is 25.8. The molecule has 0 spiro atoms. The Hall–Kier alpha value is -1.22. The highest BCUT2D eigenvalue weighted by atomic mass is 32.2. The molecule has 1 amide bonds. The first-order valence-corrected chi connectivity index (χ1v) is 12.1. The number of rotatable bonds is 18. The number of allylic oxidation sites excluding steroid dienone is 8. The van der Waals surface area contributed by atoms with Gasteiger partial charge in [-0.2, -0.15) is 11.8 Å². The van der Waals surface area contributed by atoms with Gasteiger partial charge in [0.05, 0.1) is 0 Å². The Bertz CT molecular complexity index is 438. The van der Waals surface area contributed by atoms with Crippen LogP contribution in [0.1, 0.15) is 77.6 Å². The van der Waals surface area contributed by atoms with E-state index < -0.39 is 0 Å². The van der Waals surface area contributed by atoms with E-state index >= 15 is 0 Å². The Kier molecular flexibility index (Phi) is 21.8. The molecule has 154 valence electrons. The van der Waals surface area contributed by atoms with Gasteiger partial charge in [-0.3, -0.25) is 4.79 Å². The van der Waals surface area contributed by atoms with Crippen LogP contribution in [-0.2, 0) is 4.79 Å². The van der Waals surface area contributed by atoms with Crippen LogP contribution in [-0.4, -0.2) is 24.5 Å². The second-order valence-electron chi connectivity index (χ2n) is 6.68. The monoisotopic (exact) mass is 391 g/mol. The van der Waals surface area contributed by atoms with Crippen molar-refractivity contribution in [1.82, 2.24) is 5.32 Å². The van der Waals surface area contributed by atoms with Gasteiger partial charge in [-0.05, 0) is 63.4 Å². The zero-order chi connectivity index (χ0) is 19.8. The fourth-order valence-electron chi connectivity index (χ4n) is 2.47. The van der Waals surface area contributed by atoms with Gasteiger partial charge in [-0.25, -0.2) is 0 Å². The van der Waals surface area contributed by atoms with E-state index in [9.17, 15) is 4.79 Å². The molecule has 0 aliphatic rings. The topological polar surface area (TPSA) is 29.1 Å². The first-order valence-electron chi connectivity index (χ1n) is 10.7. The number of carbonyl (C=O) groups is 1. The van der Waals surface area contributed by atoms with Crippen molar-refractivity contribution in [3.63, 3.8) is 0 Å². The van der Waals surface area contributed by atoms with Gasteiger partial charge in [0, 0.05) is 13.0 Å². The number of carbonyl (C=O) groups excluding carboxylic acids is 1. The van der Waals surface area contributed by atoms with E-state index in [-0.39, 0.29) is 5.91 Å². The van der Waals surface area contributed by atoms with E-state index in [1.165, 1.54) is 25.7 Å². The second-order valence-corrected chi connectivity index (χ2v) is 7.66. The summed E-state index contributed by atoms with van der Waals surface area (Å²) in [6.45, 7) is 3.05. The number of nitrogens with one attached hydrogen (secondary N) is 1. The summed E-state index contributed by atoms with van der Waals surface area (Å²) in [6, 6.07) is 0. The van der Waals surface area contributed by atoms with E-state index in [1.807, 2.05) is 11.8 Å². The quantitative estimate of drug-likeness (QED) is 0.201. The third-order valence-corrected chi connectivity index (χ3v) is 4.78. The number of hydrogen-bond acceptors (Lipinski definition) is 2. The summed E-state index contributed by atoms with van der Waals surface area (Å²) in [5, 5.41) is 2.97. The minimum absolute atomic E-state index is 0.187. The molecule has 0 unspecified atom stereocenters. The van der Waals surface area contributed by atoms with Gasteiger partial charge >= 0.3 is 0 Å². The standard InChI is InChI=1S/C24H41NOS/c1-3-4-5-6-7-8-9-10-11-12-13-14-15-16-17-18-19-21-24(26)25-22-20-23-27-2/h7-8,10-11,13-14,16-17H,3-6,9,12,15,18-23H2,1-2H3,(H,25,26)/b8-7-,11-10-,14-13-,17-16-. The molecule has 27 heavy (non-hydrogen) atoms. The van der Waals surface area contributed by atoms with Gasteiger partial charge in [0.1, 0.15) is 0 Å². The second kappa shape index (κ2) is 22.8. The van der Waals surface area contributed by atoms with E-state index in [0.717, 1.165) is 50.8 Å². The van der Waals surface area contributed by atoms with E-state index in [2.05, 4.69) is 67.1 Å². The lowest BCUT2D eigenvalue weighted by Gasteiger charge is -2.03. The molecule has 0 aromatic carbocycles. The highest BCUT2D eigenvalue weighted by molar-refractivity contribution is 7.98. The zero-order valence-corrected chi connectivity index (χ0v) is 18.4. The molecule has 1 N–H and O–H groups in total. The largest absolute Gasteiger partial charge is 0.356 e. The molecule has 0 bridgehead atoms. The minimum atomic E-state index is 0.187. The van der Waals surface area contributed by atoms with Crippen LogP contribution >= 0.6 is 11.8 Å². The fraction of sp³-hybridized carbons (Fsp3) is 0.625. The highest BCUT2D eigenvalue weighted by Gasteiger charge is 1.98. The summed E-state index contributed by atoms with van der Waals surface area (Å²) in [7, 11) is 0. The van der Waals surface area contributed by atoms with Crippen molar-refractivity contribution in [3.05, 3.63) is 48.6 Å². The van der Waals surface area contributed by atoms with Crippen molar-refractivity contribution in [3.8, 4) is 0 Å².